The van der Waals surface area contributed by atoms with Gasteiger partial charge in [0.25, 0.3) is 5.91 Å². The van der Waals surface area contributed by atoms with Crippen LogP contribution in [0.3, 0.4) is 0 Å². The Morgan fingerprint density at radius 3 is 2.34 bits per heavy atom. The zero-order chi connectivity index (χ0) is 19.9. The highest BCUT2D eigenvalue weighted by molar-refractivity contribution is 7.98. The van der Waals surface area contributed by atoms with E-state index in [-0.39, 0.29) is 5.91 Å². The predicted octanol–water partition coefficient (Wildman–Crippen LogP) is 3.28. The summed E-state index contributed by atoms with van der Waals surface area (Å²) in [5.74, 6) is 0.195. The third kappa shape index (κ3) is 4.67. The van der Waals surface area contributed by atoms with E-state index >= 15 is 0 Å². The van der Waals surface area contributed by atoms with Crippen molar-refractivity contribution in [3.8, 4) is 5.69 Å². The van der Waals surface area contributed by atoms with Crippen molar-refractivity contribution >= 4 is 17.7 Å². The third-order valence-corrected chi connectivity index (χ3v) is 5.04. The first-order chi connectivity index (χ1) is 14.3. The van der Waals surface area contributed by atoms with Crippen LogP contribution in [0, 0.1) is 0 Å². The molecule has 0 radical (unpaired) electrons. The van der Waals surface area contributed by atoms with E-state index < -0.39 is 0 Å². The number of nitrogens with zero attached hydrogens (tertiary/aromatic N) is 5. The van der Waals surface area contributed by atoms with Crippen molar-refractivity contribution in [2.24, 2.45) is 0 Å². The van der Waals surface area contributed by atoms with Crippen molar-refractivity contribution in [1.82, 2.24) is 30.3 Å². The monoisotopic (exact) mass is 402 g/mol. The molecule has 144 valence electrons. The van der Waals surface area contributed by atoms with Crippen molar-refractivity contribution in [3.05, 3.63) is 96.1 Å². The smallest absolute Gasteiger partial charge is 0.274 e. The van der Waals surface area contributed by atoms with Crippen molar-refractivity contribution in [1.29, 1.82) is 0 Å². The summed E-state index contributed by atoms with van der Waals surface area (Å²) in [6.45, 7) is 0.423. The first-order valence-corrected chi connectivity index (χ1v) is 10.0. The fourth-order valence-electron chi connectivity index (χ4n) is 2.74. The normalized spacial score (nSPS) is 10.6. The number of hydrogen-bond acceptors (Lipinski definition) is 6. The van der Waals surface area contributed by atoms with Gasteiger partial charge in [0.2, 0.25) is 0 Å². The summed E-state index contributed by atoms with van der Waals surface area (Å²) in [4.78, 5) is 21.3. The van der Waals surface area contributed by atoms with Gasteiger partial charge < -0.3 is 5.32 Å². The lowest BCUT2D eigenvalue weighted by Crippen LogP contribution is -2.24. The minimum atomic E-state index is -0.263. The highest BCUT2D eigenvalue weighted by atomic mass is 32.2. The van der Waals surface area contributed by atoms with Crippen molar-refractivity contribution < 1.29 is 4.79 Å². The number of amides is 1. The van der Waals surface area contributed by atoms with E-state index in [0.29, 0.717) is 28.8 Å². The number of benzene rings is 2. The van der Waals surface area contributed by atoms with E-state index in [9.17, 15) is 4.79 Å². The largest absolute Gasteiger partial charge is 0.347 e. The van der Waals surface area contributed by atoms with Crippen LogP contribution < -0.4 is 5.32 Å². The highest BCUT2D eigenvalue weighted by Crippen LogP contribution is 2.22. The van der Waals surface area contributed by atoms with Crippen LogP contribution in [0.4, 0.5) is 0 Å². The number of thioether (sulfide) groups is 1. The lowest BCUT2D eigenvalue weighted by Gasteiger charge is -2.08. The predicted molar refractivity (Wildman–Crippen MR) is 111 cm³/mol. The molecule has 1 amide bonds. The molecule has 2 heterocycles. The molecule has 0 unspecified atom stereocenters. The van der Waals surface area contributed by atoms with Crippen LogP contribution >= 0.6 is 11.8 Å². The summed E-state index contributed by atoms with van der Waals surface area (Å²) in [5.41, 5.74) is 2.85. The Morgan fingerprint density at radius 1 is 0.931 bits per heavy atom. The van der Waals surface area contributed by atoms with Crippen molar-refractivity contribution in [2.45, 2.75) is 17.5 Å². The van der Waals surface area contributed by atoms with Crippen molar-refractivity contribution in [2.75, 3.05) is 0 Å². The molecule has 0 bridgehead atoms. The van der Waals surface area contributed by atoms with Crippen LogP contribution in [-0.2, 0) is 12.3 Å². The van der Waals surface area contributed by atoms with Gasteiger partial charge in [-0.3, -0.25) is 4.79 Å². The standard InChI is InChI=1S/C21H18N6OS/c28-20(24-14-16-8-3-1-4-9-16)19-18(15-29-21-22-12-7-13-23-21)27(26-25-19)17-10-5-2-6-11-17/h1-13H,14-15H2,(H,24,28). The molecule has 4 rings (SSSR count). The molecule has 0 fully saturated rings. The van der Waals surface area contributed by atoms with E-state index in [0.717, 1.165) is 11.3 Å². The maximum absolute atomic E-state index is 12.8. The van der Waals surface area contributed by atoms with Crippen molar-refractivity contribution in [3.63, 3.8) is 0 Å². The van der Waals surface area contributed by atoms with E-state index in [1.165, 1.54) is 11.8 Å². The number of hydrogen-bond donors (Lipinski definition) is 1. The van der Waals surface area contributed by atoms with Crippen LogP contribution in [0.5, 0.6) is 0 Å². The zero-order valence-corrected chi connectivity index (χ0v) is 16.3. The maximum atomic E-state index is 12.8. The van der Waals surface area contributed by atoms with Gasteiger partial charge >= 0.3 is 0 Å². The number of rotatable bonds is 7. The second-order valence-electron chi connectivity index (χ2n) is 6.12. The number of nitrogens with one attached hydrogen (secondary N) is 1. The van der Waals surface area contributed by atoms with Gasteiger partial charge in [-0.25, -0.2) is 14.6 Å². The van der Waals surface area contributed by atoms with Crippen LogP contribution in [-0.4, -0.2) is 30.9 Å². The molecular weight excluding hydrogens is 384 g/mol. The number of carbonyl (C=O) groups is 1. The van der Waals surface area contributed by atoms with E-state index in [2.05, 4.69) is 25.6 Å². The first kappa shape index (κ1) is 18.8. The summed E-state index contributed by atoms with van der Waals surface area (Å²) >= 11 is 1.43. The minimum absolute atomic E-state index is 0.263. The van der Waals surface area contributed by atoms with Gasteiger partial charge in [-0.1, -0.05) is 65.5 Å². The number of carbonyl (C=O) groups excluding carboxylic acids is 1. The topological polar surface area (TPSA) is 85.6 Å². The van der Waals surface area contributed by atoms with Crippen LogP contribution in [0.25, 0.3) is 5.69 Å². The third-order valence-electron chi connectivity index (χ3n) is 4.15. The Morgan fingerprint density at radius 2 is 1.62 bits per heavy atom. The fourth-order valence-corrected chi connectivity index (χ4v) is 3.53. The summed E-state index contributed by atoms with van der Waals surface area (Å²) < 4.78 is 1.69. The SMILES string of the molecule is O=C(NCc1ccccc1)c1nnn(-c2ccccc2)c1CSc1ncccn1. The maximum Gasteiger partial charge on any atom is 0.274 e. The molecule has 29 heavy (non-hydrogen) atoms. The van der Waals surface area contributed by atoms with Gasteiger partial charge in [0.15, 0.2) is 10.9 Å². The van der Waals surface area contributed by atoms with E-state index in [1.807, 2.05) is 60.7 Å². The summed E-state index contributed by atoms with van der Waals surface area (Å²) in [5, 5.41) is 11.9. The highest BCUT2D eigenvalue weighted by Gasteiger charge is 2.21. The molecule has 0 aliphatic heterocycles. The molecule has 0 saturated carbocycles. The lowest BCUT2D eigenvalue weighted by atomic mass is 10.2. The Bertz CT molecular complexity index is 1070. The van der Waals surface area contributed by atoms with Gasteiger partial charge in [-0.05, 0) is 23.8 Å². The molecule has 1 N–H and O–H groups in total. The lowest BCUT2D eigenvalue weighted by molar-refractivity contribution is 0.0945. The Labute approximate surface area is 172 Å². The van der Waals surface area contributed by atoms with Crippen LogP contribution in [0.2, 0.25) is 0 Å². The van der Waals surface area contributed by atoms with Gasteiger partial charge in [-0.15, -0.1) is 5.10 Å². The molecule has 2 aromatic heterocycles. The summed E-state index contributed by atoms with van der Waals surface area (Å²) in [6, 6.07) is 21.1. The van der Waals surface area contributed by atoms with Gasteiger partial charge in [-0.2, -0.15) is 0 Å². The Hall–Kier alpha value is -3.52. The van der Waals surface area contributed by atoms with Gasteiger partial charge in [0.05, 0.1) is 11.4 Å². The molecule has 8 heteroatoms. The number of para-hydroxylation sites is 1. The van der Waals surface area contributed by atoms with E-state index in [4.69, 9.17) is 0 Å². The minimum Gasteiger partial charge on any atom is -0.347 e. The van der Waals surface area contributed by atoms with E-state index in [1.54, 1.807) is 23.1 Å². The van der Waals surface area contributed by atoms with Gasteiger partial charge in [0, 0.05) is 24.7 Å². The molecule has 0 aliphatic rings. The second-order valence-corrected chi connectivity index (χ2v) is 7.06. The van der Waals surface area contributed by atoms with Crippen LogP contribution in [0.1, 0.15) is 21.7 Å². The molecule has 0 spiro atoms. The van der Waals surface area contributed by atoms with Gasteiger partial charge in [0.1, 0.15) is 0 Å². The van der Waals surface area contributed by atoms with Crippen LogP contribution in [0.15, 0.2) is 84.3 Å². The first-order valence-electron chi connectivity index (χ1n) is 9.03. The number of aromatic nitrogens is 5. The second kappa shape index (κ2) is 9.11. The molecular formula is C21H18N6OS. The average molecular weight is 402 g/mol. The molecule has 0 aliphatic carbocycles. The molecule has 0 atom stereocenters. The quantitative estimate of drug-likeness (QED) is 0.377. The Kier molecular flexibility index (Phi) is 5.92. The fraction of sp³-hybridized carbons (Fsp3) is 0.0952. The molecule has 0 saturated heterocycles. The Balaban J connectivity index is 1.58. The molecule has 2 aromatic carbocycles. The zero-order valence-electron chi connectivity index (χ0n) is 15.5. The summed E-state index contributed by atoms with van der Waals surface area (Å²) in [7, 11) is 0. The molecule has 4 aromatic rings. The average Bonchev–Trinajstić information content (AvgIpc) is 3.22. The summed E-state index contributed by atoms with van der Waals surface area (Å²) in [6.07, 6.45) is 3.38. The molecule has 7 nitrogen and oxygen atoms in total.